The molecule has 230 valence electrons. The van der Waals surface area contributed by atoms with Gasteiger partial charge in [0.2, 0.25) is 11.8 Å². The number of benzene rings is 3. The first kappa shape index (κ1) is 32.6. The van der Waals surface area contributed by atoms with Gasteiger partial charge in [-0.15, -0.1) is 0 Å². The zero-order valence-corrected chi connectivity index (χ0v) is 26.7. The van der Waals surface area contributed by atoms with E-state index >= 15 is 0 Å². The second-order valence-corrected chi connectivity index (χ2v) is 13.1. The van der Waals surface area contributed by atoms with Crippen molar-refractivity contribution in [2.75, 3.05) is 17.5 Å². The molecule has 0 saturated heterocycles. The van der Waals surface area contributed by atoms with Crippen LogP contribution in [0.1, 0.15) is 51.5 Å². The van der Waals surface area contributed by atoms with Crippen LogP contribution in [0.15, 0.2) is 77.7 Å². The Morgan fingerprint density at radius 1 is 0.930 bits per heavy atom. The van der Waals surface area contributed by atoms with E-state index in [1.807, 2.05) is 13.8 Å². The van der Waals surface area contributed by atoms with Gasteiger partial charge in [0.25, 0.3) is 10.0 Å². The number of sulfonamides is 1. The molecule has 0 aromatic heterocycles. The molecule has 1 fully saturated rings. The highest BCUT2D eigenvalue weighted by atomic mass is 35.5. The molecule has 8 nitrogen and oxygen atoms in total. The number of amides is 2. The third kappa shape index (κ3) is 8.02. The zero-order chi connectivity index (χ0) is 31.0. The number of hydrogen-bond acceptors (Lipinski definition) is 5. The fraction of sp³-hybridized carbons (Fsp3) is 0.375. The van der Waals surface area contributed by atoms with Gasteiger partial charge < -0.3 is 15.0 Å². The highest BCUT2D eigenvalue weighted by Crippen LogP contribution is 2.29. The van der Waals surface area contributed by atoms with Crippen molar-refractivity contribution in [3.8, 4) is 5.75 Å². The number of rotatable bonds is 13. The molecule has 1 N–H and O–H groups in total. The smallest absolute Gasteiger partial charge is 0.264 e. The molecule has 0 spiro atoms. The van der Waals surface area contributed by atoms with E-state index in [-0.39, 0.29) is 23.4 Å². The molecule has 3 aromatic carbocycles. The normalized spacial score (nSPS) is 14.2. The Bertz CT molecular complexity index is 1480. The first-order chi connectivity index (χ1) is 20.6. The van der Waals surface area contributed by atoms with Crippen molar-refractivity contribution in [3.05, 3.63) is 88.4 Å². The van der Waals surface area contributed by atoms with Gasteiger partial charge >= 0.3 is 0 Å². The minimum Gasteiger partial charge on any atom is -0.494 e. The van der Waals surface area contributed by atoms with Crippen molar-refractivity contribution in [1.82, 2.24) is 10.2 Å². The summed E-state index contributed by atoms with van der Waals surface area (Å²) in [5.74, 6) is -0.319. The Morgan fingerprint density at radius 2 is 1.56 bits per heavy atom. The Labute approximate surface area is 264 Å². The topological polar surface area (TPSA) is 96.0 Å². The highest BCUT2D eigenvalue weighted by Gasteiger charge is 2.35. The third-order valence-corrected chi connectivity index (χ3v) is 10.0. The first-order valence-electron chi connectivity index (χ1n) is 14.5. The number of halogens is 2. The average Bonchev–Trinajstić information content (AvgIpc) is 3.51. The fourth-order valence-electron chi connectivity index (χ4n) is 5.27. The Kier molecular flexibility index (Phi) is 11.3. The summed E-state index contributed by atoms with van der Waals surface area (Å²) in [4.78, 5) is 29.2. The number of carbonyl (C=O) groups excluding carboxylic acids is 2. The zero-order valence-electron chi connectivity index (χ0n) is 24.3. The molecule has 2 amide bonds. The summed E-state index contributed by atoms with van der Waals surface area (Å²) in [6, 6.07) is 18.7. The molecular formula is C32H37Cl2N3O5S. The summed E-state index contributed by atoms with van der Waals surface area (Å²) in [5.41, 5.74) is 0.788. The number of nitrogens with zero attached hydrogens (tertiary/aromatic N) is 2. The molecular weight excluding hydrogens is 609 g/mol. The van der Waals surface area contributed by atoms with Gasteiger partial charge in [0.05, 0.1) is 17.2 Å². The number of anilines is 1. The van der Waals surface area contributed by atoms with Crippen LogP contribution in [0.3, 0.4) is 0 Å². The lowest BCUT2D eigenvalue weighted by Gasteiger charge is -2.34. The summed E-state index contributed by atoms with van der Waals surface area (Å²) in [7, 11) is -4.20. The van der Waals surface area contributed by atoms with Crippen molar-refractivity contribution in [2.24, 2.45) is 0 Å². The lowest BCUT2D eigenvalue weighted by Crippen LogP contribution is -2.53. The van der Waals surface area contributed by atoms with E-state index in [9.17, 15) is 18.0 Å². The summed E-state index contributed by atoms with van der Waals surface area (Å²) in [6.45, 7) is 3.48. The minimum atomic E-state index is -4.20. The van der Waals surface area contributed by atoms with E-state index in [1.165, 1.54) is 17.0 Å². The van der Waals surface area contributed by atoms with Crippen molar-refractivity contribution in [3.63, 3.8) is 0 Å². The Balaban J connectivity index is 1.72. The predicted octanol–water partition coefficient (Wildman–Crippen LogP) is 6.45. The molecule has 0 aliphatic heterocycles. The summed E-state index contributed by atoms with van der Waals surface area (Å²) >= 11 is 13.0. The number of nitrogens with one attached hydrogen (secondary N) is 1. The molecule has 0 radical (unpaired) electrons. The van der Waals surface area contributed by atoms with Crippen molar-refractivity contribution in [1.29, 1.82) is 0 Å². The molecule has 4 rings (SSSR count). The Morgan fingerprint density at radius 3 is 2.14 bits per heavy atom. The summed E-state index contributed by atoms with van der Waals surface area (Å²) < 4.78 is 34.6. The second-order valence-electron chi connectivity index (χ2n) is 10.4. The maximum atomic E-state index is 14.2. The van der Waals surface area contributed by atoms with Crippen LogP contribution in [0.25, 0.3) is 0 Å². The van der Waals surface area contributed by atoms with Crippen LogP contribution in [-0.4, -0.2) is 50.4 Å². The highest BCUT2D eigenvalue weighted by molar-refractivity contribution is 7.92. The molecule has 0 unspecified atom stereocenters. The standard InChI is InChI=1S/C32H37Cl2N3O5S/c1-3-30(32(39)35-23-11-8-9-12-23)36(21-27-28(33)15-10-16-29(27)34)31(38)22-37(24-13-6-5-7-14-24)43(40,41)26-19-17-25(18-20-26)42-4-2/h5-7,10,13-20,23,30H,3-4,8-9,11-12,21-22H2,1-2H3,(H,35,39)/t30-/m0/s1. The number of carbonyl (C=O) groups is 2. The van der Waals surface area contributed by atoms with Gasteiger partial charge in [0, 0.05) is 28.2 Å². The molecule has 1 atom stereocenters. The van der Waals surface area contributed by atoms with E-state index in [0.717, 1.165) is 30.0 Å². The SMILES string of the molecule is CCOc1ccc(S(=O)(=O)N(CC(=O)N(Cc2c(Cl)cccc2Cl)[C@@H](CC)C(=O)NC2CCCC2)c2ccccc2)cc1. The largest absolute Gasteiger partial charge is 0.494 e. The monoisotopic (exact) mass is 645 g/mol. The quantitative estimate of drug-likeness (QED) is 0.230. The summed E-state index contributed by atoms with van der Waals surface area (Å²) in [5, 5.41) is 3.79. The van der Waals surface area contributed by atoms with Crippen molar-refractivity contribution in [2.45, 2.75) is 69.5 Å². The van der Waals surface area contributed by atoms with Gasteiger partial charge in [-0.2, -0.15) is 0 Å². The predicted molar refractivity (Wildman–Crippen MR) is 170 cm³/mol. The van der Waals surface area contributed by atoms with E-state index in [0.29, 0.717) is 40.1 Å². The van der Waals surface area contributed by atoms with Crippen LogP contribution in [0.5, 0.6) is 5.75 Å². The van der Waals surface area contributed by atoms with Crippen molar-refractivity contribution >= 4 is 50.7 Å². The van der Waals surface area contributed by atoms with E-state index in [4.69, 9.17) is 27.9 Å². The van der Waals surface area contributed by atoms with Gasteiger partial charge in [-0.05, 0) is 74.7 Å². The number of para-hydroxylation sites is 1. The molecule has 0 bridgehead atoms. The van der Waals surface area contributed by atoms with Crippen LogP contribution in [0.4, 0.5) is 5.69 Å². The van der Waals surface area contributed by atoms with Crippen LogP contribution < -0.4 is 14.4 Å². The molecule has 1 aliphatic rings. The van der Waals surface area contributed by atoms with Gasteiger partial charge in [0.15, 0.2) is 0 Å². The van der Waals surface area contributed by atoms with Crippen LogP contribution in [-0.2, 0) is 26.2 Å². The van der Waals surface area contributed by atoms with E-state index < -0.39 is 28.5 Å². The maximum Gasteiger partial charge on any atom is 0.264 e. The average molecular weight is 647 g/mol. The van der Waals surface area contributed by atoms with Gasteiger partial charge in [-0.25, -0.2) is 8.42 Å². The lowest BCUT2D eigenvalue weighted by atomic mass is 10.1. The number of hydrogen-bond donors (Lipinski definition) is 1. The molecule has 1 aliphatic carbocycles. The van der Waals surface area contributed by atoms with E-state index in [1.54, 1.807) is 60.7 Å². The van der Waals surface area contributed by atoms with Gasteiger partial charge in [0.1, 0.15) is 18.3 Å². The number of ether oxygens (including phenoxy) is 1. The lowest BCUT2D eigenvalue weighted by molar-refractivity contribution is -0.140. The second kappa shape index (κ2) is 14.9. The Hall–Kier alpha value is -3.27. The minimum absolute atomic E-state index is 0.000627. The van der Waals surface area contributed by atoms with Crippen molar-refractivity contribution < 1.29 is 22.7 Å². The van der Waals surface area contributed by atoms with Crippen LogP contribution >= 0.6 is 23.2 Å². The molecule has 3 aromatic rings. The molecule has 1 saturated carbocycles. The molecule has 11 heteroatoms. The maximum absolute atomic E-state index is 14.2. The van der Waals surface area contributed by atoms with Gasteiger partial charge in [-0.3, -0.25) is 13.9 Å². The first-order valence-corrected chi connectivity index (χ1v) is 16.7. The van der Waals surface area contributed by atoms with Gasteiger partial charge in [-0.1, -0.05) is 67.2 Å². The van der Waals surface area contributed by atoms with Crippen LogP contribution in [0.2, 0.25) is 10.0 Å². The van der Waals surface area contributed by atoms with E-state index in [2.05, 4.69) is 5.32 Å². The third-order valence-electron chi connectivity index (χ3n) is 7.52. The fourth-order valence-corrected chi connectivity index (χ4v) is 7.20. The molecule has 0 heterocycles. The summed E-state index contributed by atoms with van der Waals surface area (Å²) in [6.07, 6.45) is 4.15. The molecule has 43 heavy (non-hydrogen) atoms. The van der Waals surface area contributed by atoms with Crippen LogP contribution in [0, 0.1) is 0 Å².